The Labute approximate surface area is 100 Å². The quantitative estimate of drug-likeness (QED) is 0.700. The monoisotopic (exact) mass is 242 g/mol. The van der Waals surface area contributed by atoms with Crippen molar-refractivity contribution in [3.63, 3.8) is 0 Å². The number of carboxylic acids is 1. The Kier molecular flexibility index (Phi) is 3.75. The highest BCUT2D eigenvalue weighted by Gasteiger charge is 2.46. The molecule has 2 amide bonds. The van der Waals surface area contributed by atoms with Crippen molar-refractivity contribution in [2.24, 2.45) is 0 Å². The molecule has 6 heteroatoms. The lowest BCUT2D eigenvalue weighted by molar-refractivity contribution is -0.167. The molecule has 1 aliphatic rings. The Balaban J connectivity index is 3.01. The number of piperazine rings is 1. The van der Waals surface area contributed by atoms with Crippen LogP contribution >= 0.6 is 0 Å². The minimum absolute atomic E-state index is 0.268. The van der Waals surface area contributed by atoms with Crippen molar-refractivity contribution in [1.29, 1.82) is 0 Å². The van der Waals surface area contributed by atoms with Gasteiger partial charge in [-0.05, 0) is 13.3 Å². The van der Waals surface area contributed by atoms with Gasteiger partial charge in [0, 0.05) is 20.1 Å². The van der Waals surface area contributed by atoms with Gasteiger partial charge >= 0.3 is 17.8 Å². The zero-order valence-electron chi connectivity index (χ0n) is 10.4. The number of likely N-dealkylation sites (N-methyl/N-ethyl adjacent to an activating group) is 1. The van der Waals surface area contributed by atoms with E-state index in [0.29, 0.717) is 19.4 Å². The molecule has 1 rings (SSSR count). The molecule has 6 nitrogen and oxygen atoms in total. The fourth-order valence-corrected chi connectivity index (χ4v) is 2.05. The highest BCUT2D eigenvalue weighted by Crippen LogP contribution is 2.24. The molecule has 96 valence electrons. The number of rotatable bonds is 4. The molecule has 1 fully saturated rings. The highest BCUT2D eigenvalue weighted by molar-refractivity contribution is 6.35. The van der Waals surface area contributed by atoms with Gasteiger partial charge in [-0.3, -0.25) is 9.59 Å². The zero-order valence-corrected chi connectivity index (χ0v) is 10.4. The molecule has 17 heavy (non-hydrogen) atoms. The smallest absolute Gasteiger partial charge is 0.329 e. The standard InChI is InChI=1S/C11H18N2O4/c1-4-5-11(2,10(16)17)13-7-6-12(3)8(14)9(13)15/h4-7H2,1-3H3,(H,16,17). The summed E-state index contributed by atoms with van der Waals surface area (Å²) in [5.74, 6) is -2.43. The largest absolute Gasteiger partial charge is 0.480 e. The maximum atomic E-state index is 11.8. The second-order valence-corrected chi connectivity index (χ2v) is 4.51. The topological polar surface area (TPSA) is 77.9 Å². The summed E-state index contributed by atoms with van der Waals surface area (Å²) in [6, 6.07) is 0. The van der Waals surface area contributed by atoms with Crippen molar-refractivity contribution in [1.82, 2.24) is 9.80 Å². The first kappa shape index (κ1) is 13.5. The summed E-state index contributed by atoms with van der Waals surface area (Å²) in [5.41, 5.74) is -1.29. The van der Waals surface area contributed by atoms with Crippen LogP contribution in [-0.4, -0.2) is 58.4 Å². The normalized spacial score (nSPS) is 20.4. The number of nitrogens with zero attached hydrogens (tertiary/aromatic N) is 2. The molecular formula is C11H18N2O4. The third-order valence-electron chi connectivity index (χ3n) is 3.23. The summed E-state index contributed by atoms with van der Waals surface area (Å²) in [6.45, 7) is 3.99. The van der Waals surface area contributed by atoms with Gasteiger partial charge in [0.1, 0.15) is 5.54 Å². The Morgan fingerprint density at radius 3 is 2.41 bits per heavy atom. The summed E-state index contributed by atoms with van der Waals surface area (Å²) in [5, 5.41) is 9.27. The number of hydrogen-bond donors (Lipinski definition) is 1. The molecule has 0 radical (unpaired) electrons. The summed E-state index contributed by atoms with van der Waals surface area (Å²) >= 11 is 0. The predicted molar refractivity (Wildman–Crippen MR) is 60.3 cm³/mol. The lowest BCUT2D eigenvalue weighted by Crippen LogP contribution is -2.63. The second kappa shape index (κ2) is 4.73. The second-order valence-electron chi connectivity index (χ2n) is 4.51. The van der Waals surface area contributed by atoms with E-state index in [0.717, 1.165) is 0 Å². The SMILES string of the molecule is CCCC(C)(C(=O)O)N1CCN(C)C(=O)C1=O. The molecule has 1 heterocycles. The molecule has 0 aliphatic carbocycles. The predicted octanol–water partition coefficient (Wildman–Crippen LogP) is -0.0696. The number of amides is 2. The van der Waals surface area contributed by atoms with E-state index in [1.165, 1.54) is 23.8 Å². The minimum Gasteiger partial charge on any atom is -0.480 e. The maximum absolute atomic E-state index is 11.8. The van der Waals surface area contributed by atoms with Crippen molar-refractivity contribution in [3.8, 4) is 0 Å². The van der Waals surface area contributed by atoms with Gasteiger partial charge < -0.3 is 14.9 Å². The van der Waals surface area contributed by atoms with Crippen LogP contribution < -0.4 is 0 Å². The summed E-state index contributed by atoms with van der Waals surface area (Å²) < 4.78 is 0. The van der Waals surface area contributed by atoms with E-state index in [1.54, 1.807) is 0 Å². The first-order valence-electron chi connectivity index (χ1n) is 5.65. The maximum Gasteiger partial charge on any atom is 0.329 e. The van der Waals surface area contributed by atoms with E-state index >= 15 is 0 Å². The van der Waals surface area contributed by atoms with Crippen molar-refractivity contribution in [3.05, 3.63) is 0 Å². The molecular weight excluding hydrogens is 224 g/mol. The third kappa shape index (κ3) is 2.25. The summed E-state index contributed by atoms with van der Waals surface area (Å²) in [7, 11) is 1.54. The molecule has 1 unspecified atom stereocenters. The van der Waals surface area contributed by atoms with Crippen LogP contribution in [0, 0.1) is 0 Å². The fraction of sp³-hybridized carbons (Fsp3) is 0.727. The van der Waals surface area contributed by atoms with Gasteiger partial charge in [0.05, 0.1) is 0 Å². The van der Waals surface area contributed by atoms with Gasteiger partial charge in [-0.2, -0.15) is 0 Å². The Morgan fingerprint density at radius 2 is 1.94 bits per heavy atom. The van der Waals surface area contributed by atoms with Gasteiger partial charge in [-0.25, -0.2) is 4.79 Å². The van der Waals surface area contributed by atoms with E-state index < -0.39 is 23.3 Å². The van der Waals surface area contributed by atoms with Gasteiger partial charge in [-0.15, -0.1) is 0 Å². The molecule has 1 saturated heterocycles. The van der Waals surface area contributed by atoms with Crippen LogP contribution in [0.1, 0.15) is 26.7 Å². The Bertz CT molecular complexity index is 355. The summed E-state index contributed by atoms with van der Waals surface area (Å²) in [4.78, 5) is 37.2. The molecule has 0 bridgehead atoms. The number of aliphatic carboxylic acids is 1. The van der Waals surface area contributed by atoms with Gasteiger partial charge in [0.2, 0.25) is 0 Å². The molecule has 0 aromatic heterocycles. The van der Waals surface area contributed by atoms with E-state index in [9.17, 15) is 19.5 Å². The first-order valence-corrected chi connectivity index (χ1v) is 5.65. The van der Waals surface area contributed by atoms with E-state index in [1.807, 2.05) is 6.92 Å². The summed E-state index contributed by atoms with van der Waals surface area (Å²) in [6.07, 6.45) is 0.974. The Hall–Kier alpha value is -1.59. The molecule has 1 atom stereocenters. The van der Waals surface area contributed by atoms with Crippen molar-refractivity contribution in [2.45, 2.75) is 32.2 Å². The minimum atomic E-state index is -1.29. The van der Waals surface area contributed by atoms with Gasteiger partial charge in [0.25, 0.3) is 0 Å². The van der Waals surface area contributed by atoms with Gasteiger partial charge in [0.15, 0.2) is 0 Å². The molecule has 0 aromatic rings. The highest BCUT2D eigenvalue weighted by atomic mass is 16.4. The molecule has 1 N–H and O–H groups in total. The molecule has 0 aromatic carbocycles. The zero-order chi connectivity index (χ0) is 13.2. The molecule has 0 saturated carbocycles. The van der Waals surface area contributed by atoms with Crippen molar-refractivity contribution < 1.29 is 19.5 Å². The van der Waals surface area contributed by atoms with Crippen LogP contribution in [0.2, 0.25) is 0 Å². The van der Waals surface area contributed by atoms with Crippen molar-refractivity contribution in [2.75, 3.05) is 20.1 Å². The van der Waals surface area contributed by atoms with Crippen LogP contribution in [0.15, 0.2) is 0 Å². The lowest BCUT2D eigenvalue weighted by atomic mass is 9.93. The van der Waals surface area contributed by atoms with Crippen LogP contribution in [0.25, 0.3) is 0 Å². The third-order valence-corrected chi connectivity index (χ3v) is 3.23. The number of hydrogen-bond acceptors (Lipinski definition) is 3. The molecule has 1 aliphatic heterocycles. The lowest BCUT2D eigenvalue weighted by Gasteiger charge is -2.41. The number of carboxylic acid groups (broad SMARTS) is 1. The first-order chi connectivity index (χ1) is 7.84. The van der Waals surface area contributed by atoms with E-state index in [-0.39, 0.29) is 6.54 Å². The Morgan fingerprint density at radius 1 is 1.35 bits per heavy atom. The van der Waals surface area contributed by atoms with Crippen LogP contribution in [0.5, 0.6) is 0 Å². The van der Waals surface area contributed by atoms with Crippen LogP contribution in [0.4, 0.5) is 0 Å². The number of carbonyl (C=O) groups excluding carboxylic acids is 2. The van der Waals surface area contributed by atoms with Gasteiger partial charge in [-0.1, -0.05) is 13.3 Å². The average molecular weight is 242 g/mol. The number of carbonyl (C=O) groups is 3. The van der Waals surface area contributed by atoms with Crippen LogP contribution in [-0.2, 0) is 14.4 Å². The van der Waals surface area contributed by atoms with Crippen LogP contribution in [0.3, 0.4) is 0 Å². The average Bonchev–Trinajstić information content (AvgIpc) is 2.26. The van der Waals surface area contributed by atoms with Crippen molar-refractivity contribution >= 4 is 17.8 Å². The fourth-order valence-electron chi connectivity index (χ4n) is 2.05. The molecule has 0 spiro atoms. The van der Waals surface area contributed by atoms with E-state index in [2.05, 4.69) is 0 Å². The van der Waals surface area contributed by atoms with E-state index in [4.69, 9.17) is 0 Å².